The molecule has 5 rings (SSSR count). The summed E-state index contributed by atoms with van der Waals surface area (Å²) >= 11 is 1.78. The van der Waals surface area contributed by atoms with Gasteiger partial charge in [0, 0.05) is 41.5 Å². The third-order valence-corrected chi connectivity index (χ3v) is 6.36. The van der Waals surface area contributed by atoms with Gasteiger partial charge in [-0.2, -0.15) is 0 Å². The van der Waals surface area contributed by atoms with Crippen LogP contribution in [0.4, 0.5) is 5.13 Å². The van der Waals surface area contributed by atoms with Crippen LogP contribution >= 0.6 is 23.7 Å². The fourth-order valence-corrected chi connectivity index (χ4v) is 5.09. The normalized spacial score (nSPS) is 13.8. The van der Waals surface area contributed by atoms with Crippen molar-refractivity contribution in [2.24, 2.45) is 0 Å². The quantitative estimate of drug-likeness (QED) is 0.385. The number of nitrogens with zero attached hydrogens (tertiary/aromatic N) is 3. The first kappa shape index (κ1) is 19.0. The van der Waals surface area contributed by atoms with E-state index in [1.165, 1.54) is 40.6 Å². The lowest BCUT2D eigenvalue weighted by atomic mass is 10.0. The van der Waals surface area contributed by atoms with E-state index in [1.807, 2.05) is 0 Å². The maximum absolute atomic E-state index is 5.08. The van der Waals surface area contributed by atoms with Crippen LogP contribution in [0.5, 0.6) is 0 Å². The highest BCUT2D eigenvalue weighted by Gasteiger charge is 2.22. The zero-order valence-corrected chi connectivity index (χ0v) is 17.6. The Balaban J connectivity index is 0.00000192. The number of aryl methyl sites for hydroxylation is 1. The molecule has 1 saturated heterocycles. The van der Waals surface area contributed by atoms with Gasteiger partial charge in [0.25, 0.3) is 0 Å². The average Bonchev–Trinajstić information content (AvgIpc) is 3.45. The molecular formula is C23H24ClN3S. The Bertz CT molecular complexity index is 1080. The van der Waals surface area contributed by atoms with Gasteiger partial charge in [-0.3, -0.25) is 0 Å². The van der Waals surface area contributed by atoms with Gasteiger partial charge in [-0.1, -0.05) is 48.5 Å². The summed E-state index contributed by atoms with van der Waals surface area (Å²) in [6, 6.07) is 19.4. The first-order valence-electron chi connectivity index (χ1n) is 9.74. The minimum absolute atomic E-state index is 0. The summed E-state index contributed by atoms with van der Waals surface area (Å²) < 4.78 is 2.43. The van der Waals surface area contributed by atoms with Crippen LogP contribution in [-0.2, 0) is 6.54 Å². The minimum atomic E-state index is 0. The van der Waals surface area contributed by atoms with Crippen LogP contribution in [0.15, 0.2) is 60.0 Å². The van der Waals surface area contributed by atoms with Gasteiger partial charge in [-0.15, -0.1) is 23.7 Å². The molecule has 0 bridgehead atoms. The number of halogens is 1. The van der Waals surface area contributed by atoms with Gasteiger partial charge in [0.05, 0.1) is 11.4 Å². The molecule has 0 atom stereocenters. The lowest BCUT2D eigenvalue weighted by Crippen LogP contribution is -2.17. The van der Waals surface area contributed by atoms with Crippen molar-refractivity contribution in [2.75, 3.05) is 18.0 Å². The van der Waals surface area contributed by atoms with Crippen molar-refractivity contribution in [3.8, 4) is 22.5 Å². The fraction of sp³-hybridized carbons (Fsp3) is 0.261. The molecule has 0 spiro atoms. The van der Waals surface area contributed by atoms with Crippen molar-refractivity contribution >= 4 is 39.8 Å². The number of aromatic nitrogens is 2. The average molecular weight is 410 g/mol. The smallest absolute Gasteiger partial charge is 0.185 e. The first-order chi connectivity index (χ1) is 13.4. The molecule has 0 unspecified atom stereocenters. The highest BCUT2D eigenvalue weighted by atomic mass is 35.5. The van der Waals surface area contributed by atoms with Crippen LogP contribution in [0.25, 0.3) is 33.4 Å². The van der Waals surface area contributed by atoms with Gasteiger partial charge < -0.3 is 9.47 Å². The predicted octanol–water partition coefficient (Wildman–Crippen LogP) is 6.47. The summed E-state index contributed by atoms with van der Waals surface area (Å²) in [5, 5.41) is 4.69. The van der Waals surface area contributed by atoms with Crippen LogP contribution in [-0.4, -0.2) is 22.6 Å². The molecule has 1 aliphatic rings. The largest absolute Gasteiger partial charge is 0.348 e. The summed E-state index contributed by atoms with van der Waals surface area (Å²) in [6.45, 7) is 5.43. The molecule has 5 heteroatoms. The molecule has 144 valence electrons. The van der Waals surface area contributed by atoms with E-state index in [2.05, 4.69) is 76.4 Å². The van der Waals surface area contributed by atoms with Crippen molar-refractivity contribution < 1.29 is 0 Å². The van der Waals surface area contributed by atoms with E-state index in [-0.39, 0.29) is 12.4 Å². The molecule has 0 aliphatic carbocycles. The molecule has 0 N–H and O–H groups in total. The Morgan fingerprint density at radius 1 is 0.964 bits per heavy atom. The second kappa shape index (κ2) is 7.98. The summed E-state index contributed by atoms with van der Waals surface area (Å²) in [5.74, 6) is 0. The van der Waals surface area contributed by atoms with Crippen molar-refractivity contribution in [3.05, 3.63) is 60.0 Å². The third-order valence-electron chi connectivity index (χ3n) is 5.46. The van der Waals surface area contributed by atoms with E-state index in [9.17, 15) is 0 Å². The van der Waals surface area contributed by atoms with Crippen LogP contribution in [0, 0.1) is 0 Å². The molecule has 1 fully saturated rings. The number of benzene rings is 2. The van der Waals surface area contributed by atoms with E-state index >= 15 is 0 Å². The zero-order valence-electron chi connectivity index (χ0n) is 16.0. The maximum atomic E-state index is 5.08. The summed E-state index contributed by atoms with van der Waals surface area (Å²) in [7, 11) is 0. The Kier molecular flexibility index (Phi) is 5.42. The number of hydrogen-bond donors (Lipinski definition) is 0. The van der Waals surface area contributed by atoms with Gasteiger partial charge in [0.15, 0.2) is 5.13 Å². The Morgan fingerprint density at radius 2 is 1.68 bits per heavy atom. The Morgan fingerprint density at radius 3 is 2.43 bits per heavy atom. The number of hydrogen-bond acceptors (Lipinski definition) is 3. The predicted molar refractivity (Wildman–Crippen MR) is 123 cm³/mol. The van der Waals surface area contributed by atoms with E-state index in [4.69, 9.17) is 4.98 Å². The molecule has 0 amide bonds. The van der Waals surface area contributed by atoms with Crippen LogP contribution in [0.1, 0.15) is 19.8 Å². The van der Waals surface area contributed by atoms with E-state index in [1.54, 1.807) is 11.3 Å². The number of rotatable bonds is 4. The minimum Gasteiger partial charge on any atom is -0.348 e. The van der Waals surface area contributed by atoms with E-state index in [0.29, 0.717) is 0 Å². The summed E-state index contributed by atoms with van der Waals surface area (Å²) in [5.41, 5.74) is 6.17. The molecular weight excluding hydrogens is 386 g/mol. The summed E-state index contributed by atoms with van der Waals surface area (Å²) in [4.78, 5) is 7.50. The molecule has 1 aliphatic heterocycles. The molecule has 0 radical (unpaired) electrons. The van der Waals surface area contributed by atoms with Crippen LogP contribution in [0.2, 0.25) is 0 Å². The Labute approximate surface area is 176 Å². The van der Waals surface area contributed by atoms with Crippen molar-refractivity contribution in [2.45, 2.75) is 26.3 Å². The number of para-hydroxylation sites is 1. The van der Waals surface area contributed by atoms with Crippen molar-refractivity contribution in [1.82, 2.24) is 9.55 Å². The first-order valence-corrected chi connectivity index (χ1v) is 10.6. The molecule has 0 saturated carbocycles. The second-order valence-corrected chi connectivity index (χ2v) is 7.90. The van der Waals surface area contributed by atoms with Gasteiger partial charge in [0.2, 0.25) is 0 Å². The zero-order chi connectivity index (χ0) is 18.2. The maximum Gasteiger partial charge on any atom is 0.185 e. The SMILES string of the molecule is CCn1c(-c2ccccc2)c(-c2csc(N3CCCC3)n2)c2ccccc21.Cl. The van der Waals surface area contributed by atoms with Crippen molar-refractivity contribution in [1.29, 1.82) is 0 Å². The molecule has 2 aromatic carbocycles. The van der Waals surface area contributed by atoms with Gasteiger partial charge in [-0.05, 0) is 31.4 Å². The lowest BCUT2D eigenvalue weighted by Gasteiger charge is -2.12. The highest BCUT2D eigenvalue weighted by Crippen LogP contribution is 2.42. The standard InChI is InChI=1S/C23H23N3S.ClH/c1-2-26-20-13-7-6-12-18(20)21(22(26)17-10-4-3-5-11-17)19-16-27-23(24-19)25-14-8-9-15-25;/h3-7,10-13,16H,2,8-9,14-15H2,1H3;1H. The van der Waals surface area contributed by atoms with E-state index in [0.717, 1.165) is 30.5 Å². The second-order valence-electron chi connectivity index (χ2n) is 7.06. The molecule has 3 nitrogen and oxygen atoms in total. The Hall–Kier alpha value is -2.30. The monoisotopic (exact) mass is 409 g/mol. The molecule has 3 heterocycles. The van der Waals surface area contributed by atoms with E-state index < -0.39 is 0 Å². The molecule has 28 heavy (non-hydrogen) atoms. The highest BCUT2D eigenvalue weighted by molar-refractivity contribution is 7.14. The lowest BCUT2D eigenvalue weighted by molar-refractivity contribution is 0.806. The third kappa shape index (κ3) is 3.11. The molecule has 4 aromatic rings. The molecule has 2 aromatic heterocycles. The van der Waals surface area contributed by atoms with Crippen molar-refractivity contribution in [3.63, 3.8) is 0 Å². The van der Waals surface area contributed by atoms with Crippen LogP contribution < -0.4 is 4.90 Å². The van der Waals surface area contributed by atoms with Gasteiger partial charge >= 0.3 is 0 Å². The van der Waals surface area contributed by atoms with Gasteiger partial charge in [0.1, 0.15) is 0 Å². The number of thiazole rings is 1. The number of anilines is 1. The van der Waals surface area contributed by atoms with Gasteiger partial charge in [-0.25, -0.2) is 4.98 Å². The fourth-order valence-electron chi connectivity index (χ4n) is 4.22. The van der Waals surface area contributed by atoms with Crippen LogP contribution in [0.3, 0.4) is 0 Å². The summed E-state index contributed by atoms with van der Waals surface area (Å²) in [6.07, 6.45) is 2.55. The topological polar surface area (TPSA) is 21.1 Å². The number of fused-ring (bicyclic) bond motifs is 1.